The summed E-state index contributed by atoms with van der Waals surface area (Å²) in [5.41, 5.74) is 2.70. The van der Waals surface area contributed by atoms with Gasteiger partial charge in [0.1, 0.15) is 0 Å². The van der Waals surface area contributed by atoms with Crippen LogP contribution in [0.3, 0.4) is 0 Å². The van der Waals surface area contributed by atoms with Crippen molar-refractivity contribution in [2.75, 3.05) is 5.43 Å². The van der Waals surface area contributed by atoms with E-state index in [0.717, 1.165) is 4.88 Å². The predicted octanol–water partition coefficient (Wildman–Crippen LogP) is 0.784. The van der Waals surface area contributed by atoms with Gasteiger partial charge in [0.25, 0.3) is 5.56 Å². The third kappa shape index (κ3) is 1.66. The molecular formula is C8H8N4OS. The van der Waals surface area contributed by atoms with Crippen LogP contribution in [-0.4, -0.2) is 9.97 Å². The summed E-state index contributed by atoms with van der Waals surface area (Å²) in [5.74, 6) is 5.43. The number of hydrazine groups is 1. The first-order chi connectivity index (χ1) is 6.79. The zero-order valence-corrected chi connectivity index (χ0v) is 7.97. The number of hydrogen-bond donors (Lipinski definition) is 3. The maximum Gasteiger partial charge on any atom is 0.252 e. The van der Waals surface area contributed by atoms with E-state index in [2.05, 4.69) is 15.4 Å². The van der Waals surface area contributed by atoms with Crippen molar-refractivity contribution >= 4 is 17.3 Å². The van der Waals surface area contributed by atoms with E-state index >= 15 is 0 Å². The minimum Gasteiger partial charge on any atom is -0.294 e. The average Bonchev–Trinajstić information content (AvgIpc) is 2.69. The highest BCUT2D eigenvalue weighted by Gasteiger charge is 2.03. The summed E-state index contributed by atoms with van der Waals surface area (Å²) >= 11 is 1.52. The summed E-state index contributed by atoms with van der Waals surface area (Å²) in [7, 11) is 0. The molecule has 6 heteroatoms. The van der Waals surface area contributed by atoms with Crippen molar-refractivity contribution in [2.24, 2.45) is 5.84 Å². The molecule has 0 radical (unpaired) electrons. The third-order valence-electron chi connectivity index (χ3n) is 1.65. The fraction of sp³-hybridized carbons (Fsp3) is 0. The Kier molecular flexibility index (Phi) is 2.30. The largest absolute Gasteiger partial charge is 0.294 e. The van der Waals surface area contributed by atoms with E-state index in [1.807, 2.05) is 17.5 Å². The predicted molar refractivity (Wildman–Crippen MR) is 56.0 cm³/mol. The molecule has 0 spiro atoms. The Morgan fingerprint density at radius 1 is 1.57 bits per heavy atom. The Hall–Kier alpha value is -1.66. The van der Waals surface area contributed by atoms with Crippen molar-refractivity contribution in [1.29, 1.82) is 0 Å². The van der Waals surface area contributed by atoms with Crippen LogP contribution >= 0.6 is 11.3 Å². The van der Waals surface area contributed by atoms with Gasteiger partial charge < -0.3 is 0 Å². The standard InChI is InChI=1S/C8H8N4OS/c9-12-8-10-5(4-7(13)11-8)6-2-1-3-14-6/h1-4H,9H2,(H2,10,11,12,13). The molecule has 0 aliphatic carbocycles. The first-order valence-corrected chi connectivity index (χ1v) is 4.79. The van der Waals surface area contributed by atoms with Crippen molar-refractivity contribution in [3.63, 3.8) is 0 Å². The lowest BCUT2D eigenvalue weighted by Gasteiger charge is -2.00. The van der Waals surface area contributed by atoms with E-state index in [1.54, 1.807) is 0 Å². The monoisotopic (exact) mass is 208 g/mol. The summed E-state index contributed by atoms with van der Waals surface area (Å²) in [6.07, 6.45) is 0. The normalized spacial score (nSPS) is 10.1. The molecule has 0 unspecified atom stereocenters. The van der Waals surface area contributed by atoms with Gasteiger partial charge in [0.05, 0.1) is 10.6 Å². The van der Waals surface area contributed by atoms with Crippen LogP contribution in [0.2, 0.25) is 0 Å². The van der Waals surface area contributed by atoms with Crippen molar-refractivity contribution < 1.29 is 0 Å². The van der Waals surface area contributed by atoms with Crippen LogP contribution in [0.25, 0.3) is 10.6 Å². The van der Waals surface area contributed by atoms with Gasteiger partial charge in [-0.3, -0.25) is 15.2 Å². The highest BCUT2D eigenvalue weighted by atomic mass is 32.1. The Morgan fingerprint density at radius 2 is 2.43 bits per heavy atom. The number of hydrogen-bond acceptors (Lipinski definition) is 5. The number of rotatable bonds is 2. The zero-order valence-electron chi connectivity index (χ0n) is 7.15. The highest BCUT2D eigenvalue weighted by molar-refractivity contribution is 7.13. The number of nitrogen functional groups attached to an aromatic ring is 1. The van der Waals surface area contributed by atoms with Gasteiger partial charge in [-0.2, -0.15) is 0 Å². The molecule has 0 bridgehead atoms. The number of nitrogens with zero attached hydrogens (tertiary/aromatic N) is 1. The summed E-state index contributed by atoms with van der Waals surface area (Å²) in [6, 6.07) is 5.23. The number of aromatic amines is 1. The number of H-pyrrole nitrogens is 1. The fourth-order valence-electron chi connectivity index (χ4n) is 1.08. The molecular weight excluding hydrogens is 200 g/mol. The first-order valence-electron chi connectivity index (χ1n) is 3.91. The second-order valence-electron chi connectivity index (χ2n) is 2.60. The summed E-state index contributed by atoms with van der Waals surface area (Å²) in [5, 5.41) is 1.92. The van der Waals surface area contributed by atoms with Crippen molar-refractivity contribution in [2.45, 2.75) is 0 Å². The second kappa shape index (κ2) is 3.60. The zero-order chi connectivity index (χ0) is 9.97. The van der Waals surface area contributed by atoms with Gasteiger partial charge in [-0.15, -0.1) is 11.3 Å². The first kappa shape index (κ1) is 8.92. The molecule has 0 saturated carbocycles. The molecule has 0 aromatic carbocycles. The van der Waals surface area contributed by atoms with Crippen LogP contribution in [0.1, 0.15) is 0 Å². The van der Waals surface area contributed by atoms with Crippen LogP contribution in [-0.2, 0) is 0 Å². The number of nitrogens with one attached hydrogen (secondary N) is 2. The Balaban J connectivity index is 2.54. The van der Waals surface area contributed by atoms with Gasteiger partial charge in [0, 0.05) is 6.07 Å². The molecule has 0 aliphatic rings. The summed E-state index contributed by atoms with van der Waals surface area (Å²) in [6.45, 7) is 0. The van der Waals surface area contributed by atoms with Crippen molar-refractivity contribution in [1.82, 2.24) is 9.97 Å². The topological polar surface area (TPSA) is 83.8 Å². The lowest BCUT2D eigenvalue weighted by Crippen LogP contribution is -2.16. The molecule has 2 aromatic heterocycles. The minimum atomic E-state index is -0.226. The van der Waals surface area contributed by atoms with Crippen LogP contribution in [0, 0.1) is 0 Å². The molecule has 0 fully saturated rings. The van der Waals surface area contributed by atoms with Gasteiger partial charge in [-0.25, -0.2) is 10.8 Å². The maximum absolute atomic E-state index is 11.2. The smallest absolute Gasteiger partial charge is 0.252 e. The molecule has 0 aliphatic heterocycles. The van der Waals surface area contributed by atoms with Crippen LogP contribution < -0.4 is 16.8 Å². The quantitative estimate of drug-likeness (QED) is 0.503. The molecule has 5 nitrogen and oxygen atoms in total. The molecule has 0 saturated heterocycles. The fourth-order valence-corrected chi connectivity index (χ4v) is 1.76. The van der Waals surface area contributed by atoms with Crippen molar-refractivity contribution in [3.05, 3.63) is 33.9 Å². The second-order valence-corrected chi connectivity index (χ2v) is 3.55. The molecule has 14 heavy (non-hydrogen) atoms. The highest BCUT2D eigenvalue weighted by Crippen LogP contribution is 2.21. The molecule has 0 amide bonds. The lowest BCUT2D eigenvalue weighted by atomic mass is 10.3. The summed E-state index contributed by atoms with van der Waals surface area (Å²) < 4.78 is 0. The number of anilines is 1. The number of thiophene rings is 1. The Morgan fingerprint density at radius 3 is 3.07 bits per heavy atom. The minimum absolute atomic E-state index is 0.226. The molecule has 2 aromatic rings. The molecule has 4 N–H and O–H groups in total. The van der Waals surface area contributed by atoms with E-state index in [0.29, 0.717) is 5.69 Å². The van der Waals surface area contributed by atoms with Gasteiger partial charge in [0.15, 0.2) is 0 Å². The maximum atomic E-state index is 11.2. The van der Waals surface area contributed by atoms with Crippen LogP contribution in [0.4, 0.5) is 5.95 Å². The van der Waals surface area contributed by atoms with Crippen molar-refractivity contribution in [3.8, 4) is 10.6 Å². The number of nitrogens with two attached hydrogens (primary N) is 1. The molecule has 72 valence electrons. The van der Waals surface area contributed by atoms with E-state index < -0.39 is 0 Å². The number of aromatic nitrogens is 2. The third-order valence-corrected chi connectivity index (χ3v) is 2.54. The van der Waals surface area contributed by atoms with E-state index in [9.17, 15) is 4.79 Å². The Labute approximate surface area is 83.6 Å². The SMILES string of the molecule is NNc1nc(-c2cccs2)cc(=O)[nH]1. The van der Waals surface area contributed by atoms with E-state index in [1.165, 1.54) is 17.4 Å². The summed E-state index contributed by atoms with van der Waals surface area (Å²) in [4.78, 5) is 18.7. The van der Waals surface area contributed by atoms with Gasteiger partial charge in [0.2, 0.25) is 5.95 Å². The van der Waals surface area contributed by atoms with Crippen LogP contribution in [0.5, 0.6) is 0 Å². The van der Waals surface area contributed by atoms with E-state index in [-0.39, 0.29) is 11.5 Å². The molecule has 2 rings (SSSR count). The molecule has 2 heterocycles. The van der Waals surface area contributed by atoms with Crippen LogP contribution in [0.15, 0.2) is 28.4 Å². The van der Waals surface area contributed by atoms with Gasteiger partial charge in [-0.05, 0) is 11.4 Å². The van der Waals surface area contributed by atoms with E-state index in [4.69, 9.17) is 5.84 Å². The Bertz CT molecular complexity index is 476. The van der Waals surface area contributed by atoms with Gasteiger partial charge >= 0.3 is 0 Å². The molecule has 0 atom stereocenters. The average molecular weight is 208 g/mol. The lowest BCUT2D eigenvalue weighted by molar-refractivity contribution is 1.09. The van der Waals surface area contributed by atoms with Gasteiger partial charge in [-0.1, -0.05) is 6.07 Å².